The van der Waals surface area contributed by atoms with Crippen LogP contribution in [0.25, 0.3) is 10.2 Å². The van der Waals surface area contributed by atoms with Gasteiger partial charge in [0.2, 0.25) is 0 Å². The van der Waals surface area contributed by atoms with E-state index in [9.17, 15) is 9.59 Å². The molecule has 1 aromatic carbocycles. The molecule has 1 aliphatic carbocycles. The Morgan fingerprint density at radius 1 is 1.18 bits per heavy atom. The van der Waals surface area contributed by atoms with Gasteiger partial charge in [0.05, 0.1) is 30.6 Å². The van der Waals surface area contributed by atoms with Crippen LogP contribution in [0, 0.1) is 0 Å². The van der Waals surface area contributed by atoms with Crippen LogP contribution in [0.2, 0.25) is 0 Å². The highest BCUT2D eigenvalue weighted by Crippen LogP contribution is 2.34. The molecule has 3 heterocycles. The minimum Gasteiger partial charge on any atom is -0.467 e. The third-order valence-corrected chi connectivity index (χ3v) is 7.70. The van der Waals surface area contributed by atoms with Crippen LogP contribution in [0.1, 0.15) is 34.6 Å². The quantitative estimate of drug-likeness (QED) is 0.229. The van der Waals surface area contributed by atoms with Crippen molar-refractivity contribution in [1.29, 1.82) is 0 Å². The second kappa shape index (κ2) is 9.94. The van der Waals surface area contributed by atoms with Crippen molar-refractivity contribution >= 4 is 39.2 Å². The summed E-state index contributed by atoms with van der Waals surface area (Å²) < 4.78 is 7.10. The lowest BCUT2D eigenvalue weighted by molar-refractivity contribution is -0.131. The zero-order valence-electron chi connectivity index (χ0n) is 17.9. The number of carbonyl (C=O) groups excluding carboxylic acids is 1. The van der Waals surface area contributed by atoms with E-state index in [0.29, 0.717) is 10.9 Å². The third-order valence-electron chi connectivity index (χ3n) is 5.53. The highest BCUT2D eigenvalue weighted by Gasteiger charge is 2.23. The number of nitrogens with one attached hydrogen (secondary N) is 1. The molecule has 0 saturated heterocycles. The number of furan rings is 1. The summed E-state index contributed by atoms with van der Waals surface area (Å²) in [5.41, 5.74) is 4.51. The van der Waals surface area contributed by atoms with Gasteiger partial charge in [-0.2, -0.15) is 0 Å². The fraction of sp³-hybridized carbons (Fsp3) is 0.292. The highest BCUT2D eigenvalue weighted by molar-refractivity contribution is 7.99. The first-order chi connectivity index (χ1) is 16.2. The Morgan fingerprint density at radius 2 is 2.03 bits per heavy atom. The molecular weight excluding hydrogens is 458 g/mol. The summed E-state index contributed by atoms with van der Waals surface area (Å²) in [5.74, 6) is 0.454. The molecule has 0 atom stereocenters. The topological polar surface area (TPSA) is 86.4 Å². The van der Waals surface area contributed by atoms with Crippen LogP contribution in [0.5, 0.6) is 0 Å². The van der Waals surface area contributed by atoms with E-state index in [4.69, 9.17) is 14.2 Å². The molecule has 4 aromatic rings. The third kappa shape index (κ3) is 4.90. The molecule has 3 aromatic heterocycles. The molecule has 1 amide bonds. The average Bonchev–Trinajstić information content (AvgIpc) is 3.48. The molecule has 1 N–H and O–H groups in total. The number of hydrogen-bond acceptors (Lipinski definition) is 7. The number of aryl methyl sites for hydroxylation is 2. The standard InChI is InChI=1S/C24H23N3O4S2/c28-20(26-31-14-16-7-2-1-3-8-16)15-32-24-25-22-21(18-10-4-5-11-19(18)33-22)23(29)27(24)13-17-9-6-12-30-17/h1-3,6-9,12H,4-5,10-11,13-15H2,(H,26,28). The Morgan fingerprint density at radius 3 is 2.85 bits per heavy atom. The van der Waals surface area contributed by atoms with Crippen molar-refractivity contribution in [1.82, 2.24) is 15.0 Å². The van der Waals surface area contributed by atoms with Gasteiger partial charge in [-0.25, -0.2) is 10.5 Å². The van der Waals surface area contributed by atoms with Crippen molar-refractivity contribution in [3.05, 3.63) is 80.8 Å². The zero-order valence-corrected chi connectivity index (χ0v) is 19.5. The Kier molecular flexibility index (Phi) is 6.61. The monoisotopic (exact) mass is 481 g/mol. The number of fused-ring (bicyclic) bond motifs is 3. The van der Waals surface area contributed by atoms with Crippen molar-refractivity contribution in [2.45, 2.75) is 44.0 Å². The Hall–Kier alpha value is -2.88. The van der Waals surface area contributed by atoms with Crippen molar-refractivity contribution in [3.8, 4) is 0 Å². The summed E-state index contributed by atoms with van der Waals surface area (Å²) in [4.78, 5) is 38.0. The first kappa shape index (κ1) is 21.9. The van der Waals surface area contributed by atoms with Crippen LogP contribution in [-0.2, 0) is 35.6 Å². The Bertz CT molecular complexity index is 1310. The van der Waals surface area contributed by atoms with Crippen LogP contribution >= 0.6 is 23.1 Å². The minimum atomic E-state index is -0.291. The van der Waals surface area contributed by atoms with Gasteiger partial charge in [-0.1, -0.05) is 42.1 Å². The number of hydrogen-bond donors (Lipinski definition) is 1. The van der Waals surface area contributed by atoms with Gasteiger partial charge in [0, 0.05) is 4.88 Å². The smallest absolute Gasteiger partial charge is 0.263 e. The molecular formula is C24H23N3O4S2. The van der Waals surface area contributed by atoms with Gasteiger partial charge in [-0.3, -0.25) is 19.0 Å². The maximum atomic E-state index is 13.5. The lowest BCUT2D eigenvalue weighted by atomic mass is 9.97. The number of hydroxylamine groups is 1. The number of amides is 1. The van der Waals surface area contributed by atoms with Gasteiger partial charge >= 0.3 is 0 Å². The second-order valence-corrected chi connectivity index (χ2v) is 9.87. The predicted octanol–water partition coefficient (Wildman–Crippen LogP) is 4.32. The fourth-order valence-corrected chi connectivity index (χ4v) is 6.05. The van der Waals surface area contributed by atoms with Crippen molar-refractivity contribution in [2.75, 3.05) is 5.75 Å². The largest absolute Gasteiger partial charge is 0.467 e. The molecule has 170 valence electrons. The molecule has 7 nitrogen and oxygen atoms in total. The van der Waals surface area contributed by atoms with Gasteiger partial charge in [0.25, 0.3) is 11.5 Å². The molecule has 0 unspecified atom stereocenters. The molecule has 0 spiro atoms. The van der Waals surface area contributed by atoms with E-state index < -0.39 is 0 Å². The van der Waals surface area contributed by atoms with Gasteiger partial charge in [0.15, 0.2) is 5.16 Å². The number of thiophene rings is 1. The van der Waals surface area contributed by atoms with E-state index in [-0.39, 0.29) is 30.4 Å². The van der Waals surface area contributed by atoms with E-state index in [0.717, 1.165) is 47.0 Å². The number of benzene rings is 1. The van der Waals surface area contributed by atoms with Crippen LogP contribution in [-0.4, -0.2) is 21.2 Å². The molecule has 0 aliphatic heterocycles. The first-order valence-electron chi connectivity index (χ1n) is 10.8. The van der Waals surface area contributed by atoms with Gasteiger partial charge < -0.3 is 4.42 Å². The van der Waals surface area contributed by atoms with Crippen molar-refractivity contribution in [2.24, 2.45) is 0 Å². The second-order valence-electron chi connectivity index (χ2n) is 7.84. The number of carbonyl (C=O) groups is 1. The summed E-state index contributed by atoms with van der Waals surface area (Å²) in [5, 5.41) is 1.22. The van der Waals surface area contributed by atoms with E-state index in [1.807, 2.05) is 36.4 Å². The molecule has 1 aliphatic rings. The van der Waals surface area contributed by atoms with Crippen LogP contribution < -0.4 is 11.0 Å². The maximum Gasteiger partial charge on any atom is 0.263 e. The van der Waals surface area contributed by atoms with Gasteiger partial charge in [0.1, 0.15) is 10.6 Å². The lowest BCUT2D eigenvalue weighted by Gasteiger charge is -2.13. The van der Waals surface area contributed by atoms with E-state index >= 15 is 0 Å². The highest BCUT2D eigenvalue weighted by atomic mass is 32.2. The fourth-order valence-electron chi connectivity index (χ4n) is 3.96. The van der Waals surface area contributed by atoms with E-state index in [1.165, 1.54) is 16.6 Å². The Labute approximate surface area is 198 Å². The average molecular weight is 482 g/mol. The molecule has 0 saturated carbocycles. The molecule has 9 heteroatoms. The van der Waals surface area contributed by atoms with Gasteiger partial charge in [-0.05, 0) is 48.9 Å². The Balaban J connectivity index is 1.35. The SMILES string of the molecule is O=C(CSc1nc2sc3c(c2c(=O)n1Cc1ccco1)CCCC3)NOCc1ccccc1. The first-order valence-corrected chi connectivity index (χ1v) is 12.6. The van der Waals surface area contributed by atoms with E-state index in [2.05, 4.69) is 5.48 Å². The summed E-state index contributed by atoms with van der Waals surface area (Å²) in [6, 6.07) is 13.2. The number of aromatic nitrogens is 2. The summed E-state index contributed by atoms with van der Waals surface area (Å²) in [6.07, 6.45) is 5.74. The van der Waals surface area contributed by atoms with Crippen LogP contribution in [0.3, 0.4) is 0 Å². The van der Waals surface area contributed by atoms with Gasteiger partial charge in [-0.15, -0.1) is 11.3 Å². The summed E-state index contributed by atoms with van der Waals surface area (Å²) in [7, 11) is 0. The number of rotatable bonds is 8. The maximum absolute atomic E-state index is 13.5. The van der Waals surface area contributed by atoms with Crippen molar-refractivity contribution < 1.29 is 14.0 Å². The molecule has 33 heavy (non-hydrogen) atoms. The lowest BCUT2D eigenvalue weighted by Crippen LogP contribution is -2.27. The van der Waals surface area contributed by atoms with Crippen molar-refractivity contribution in [3.63, 3.8) is 0 Å². The molecule has 0 bridgehead atoms. The van der Waals surface area contributed by atoms with Crippen LogP contribution in [0.4, 0.5) is 0 Å². The normalized spacial score (nSPS) is 13.2. The molecule has 5 rings (SSSR count). The van der Waals surface area contributed by atoms with Crippen LogP contribution in [0.15, 0.2) is 63.1 Å². The molecule has 0 fully saturated rings. The van der Waals surface area contributed by atoms with E-state index in [1.54, 1.807) is 28.2 Å². The summed E-state index contributed by atoms with van der Waals surface area (Å²) >= 11 is 2.83. The minimum absolute atomic E-state index is 0.0703. The number of thioether (sulfide) groups is 1. The summed E-state index contributed by atoms with van der Waals surface area (Å²) in [6.45, 7) is 0.555. The predicted molar refractivity (Wildman–Crippen MR) is 128 cm³/mol. The zero-order chi connectivity index (χ0) is 22.6. The number of nitrogens with zero attached hydrogens (tertiary/aromatic N) is 2. The molecule has 0 radical (unpaired) electrons.